The first-order valence-electron chi connectivity index (χ1n) is 5.77. The van der Waals surface area contributed by atoms with Gasteiger partial charge in [-0.3, -0.25) is 14.3 Å². The number of rotatable bonds is 4. The second-order valence-electron chi connectivity index (χ2n) is 4.32. The van der Waals surface area contributed by atoms with E-state index in [4.69, 9.17) is 0 Å². The summed E-state index contributed by atoms with van der Waals surface area (Å²) in [6.07, 6.45) is 1.06. The summed E-state index contributed by atoms with van der Waals surface area (Å²) in [7, 11) is -1.01. The molecule has 1 amide bonds. The molecule has 1 heterocycles. The zero-order valence-corrected chi connectivity index (χ0v) is 11.2. The molecule has 19 heavy (non-hydrogen) atoms. The predicted molar refractivity (Wildman–Crippen MR) is 67.7 cm³/mol. The molecule has 1 aromatic carbocycles. The average Bonchev–Trinajstić information content (AvgIpc) is 2.71. The summed E-state index contributed by atoms with van der Waals surface area (Å²) >= 11 is 0. The maximum Gasteiger partial charge on any atom is 0.238 e. The maximum absolute atomic E-state index is 13.2. The van der Waals surface area contributed by atoms with Crippen molar-refractivity contribution in [1.29, 1.82) is 0 Å². The molecule has 0 spiro atoms. The third-order valence-electron chi connectivity index (χ3n) is 2.96. The minimum atomic E-state index is -1.01. The SMILES string of the molecule is CS(=O)CCN1C(=O)CNC1c1ccc(F)c(F)c1. The van der Waals surface area contributed by atoms with Gasteiger partial charge in [-0.2, -0.15) is 0 Å². The van der Waals surface area contributed by atoms with Crippen LogP contribution >= 0.6 is 0 Å². The van der Waals surface area contributed by atoms with E-state index in [0.717, 1.165) is 12.1 Å². The van der Waals surface area contributed by atoms with E-state index >= 15 is 0 Å². The zero-order valence-electron chi connectivity index (χ0n) is 10.4. The van der Waals surface area contributed by atoms with Crippen molar-refractivity contribution in [2.24, 2.45) is 0 Å². The molecule has 0 aromatic heterocycles. The normalized spacial score (nSPS) is 20.9. The fourth-order valence-electron chi connectivity index (χ4n) is 2.00. The Hall–Kier alpha value is -1.34. The van der Waals surface area contributed by atoms with Crippen molar-refractivity contribution in [3.8, 4) is 0 Å². The Morgan fingerprint density at radius 2 is 2.16 bits per heavy atom. The minimum Gasteiger partial charge on any atom is -0.321 e. The Morgan fingerprint density at radius 1 is 1.42 bits per heavy atom. The summed E-state index contributed by atoms with van der Waals surface area (Å²) in [6, 6.07) is 3.54. The molecule has 1 fully saturated rings. The number of carbonyl (C=O) groups excluding carboxylic acids is 1. The van der Waals surface area contributed by atoms with Gasteiger partial charge < -0.3 is 4.90 Å². The van der Waals surface area contributed by atoms with Gasteiger partial charge in [0, 0.05) is 29.4 Å². The fraction of sp³-hybridized carbons (Fsp3) is 0.417. The lowest BCUT2D eigenvalue weighted by Crippen LogP contribution is -2.33. The highest BCUT2D eigenvalue weighted by molar-refractivity contribution is 7.84. The monoisotopic (exact) mass is 288 g/mol. The summed E-state index contributed by atoms with van der Waals surface area (Å²) in [6.45, 7) is 0.457. The van der Waals surface area contributed by atoms with Gasteiger partial charge in [-0.15, -0.1) is 0 Å². The molecule has 1 aliphatic rings. The molecule has 0 radical (unpaired) electrons. The van der Waals surface area contributed by atoms with E-state index in [1.807, 2.05) is 0 Å². The summed E-state index contributed by atoms with van der Waals surface area (Å²) < 4.78 is 37.2. The van der Waals surface area contributed by atoms with Gasteiger partial charge in [-0.25, -0.2) is 8.78 Å². The second-order valence-corrected chi connectivity index (χ2v) is 5.88. The molecule has 2 atom stereocenters. The number of nitrogens with one attached hydrogen (secondary N) is 1. The Kier molecular flexibility index (Phi) is 4.26. The first kappa shape index (κ1) is 14.1. The number of halogens is 2. The Bertz CT molecular complexity index is 524. The zero-order chi connectivity index (χ0) is 14.0. The molecular weight excluding hydrogens is 274 g/mol. The van der Waals surface area contributed by atoms with Crippen LogP contribution in [-0.4, -0.2) is 40.1 Å². The first-order valence-corrected chi connectivity index (χ1v) is 7.49. The number of benzene rings is 1. The number of hydrogen-bond acceptors (Lipinski definition) is 3. The summed E-state index contributed by atoms with van der Waals surface area (Å²) in [5.41, 5.74) is 0.478. The van der Waals surface area contributed by atoms with Crippen molar-refractivity contribution < 1.29 is 17.8 Å². The Balaban J connectivity index is 2.19. The van der Waals surface area contributed by atoms with Crippen molar-refractivity contribution in [1.82, 2.24) is 10.2 Å². The van der Waals surface area contributed by atoms with E-state index in [9.17, 15) is 17.8 Å². The van der Waals surface area contributed by atoms with Gasteiger partial charge in [0.1, 0.15) is 6.17 Å². The van der Waals surface area contributed by atoms with Gasteiger partial charge in [0.2, 0.25) is 5.91 Å². The first-order chi connectivity index (χ1) is 8.99. The van der Waals surface area contributed by atoms with Crippen molar-refractivity contribution in [3.63, 3.8) is 0 Å². The molecular formula is C12H14F2N2O2S. The van der Waals surface area contributed by atoms with Crippen LogP contribution in [0, 0.1) is 11.6 Å². The van der Waals surface area contributed by atoms with Crippen LogP contribution in [-0.2, 0) is 15.6 Å². The molecule has 2 unspecified atom stereocenters. The van der Waals surface area contributed by atoms with Crippen LogP contribution in [0.4, 0.5) is 8.78 Å². The predicted octanol–water partition coefficient (Wildman–Crippen LogP) is 0.774. The Morgan fingerprint density at radius 3 is 2.79 bits per heavy atom. The lowest BCUT2D eigenvalue weighted by molar-refractivity contribution is -0.127. The topological polar surface area (TPSA) is 49.4 Å². The standard InChI is InChI=1S/C12H14F2N2O2S/c1-19(18)5-4-16-11(17)7-15-12(16)8-2-3-9(13)10(14)6-8/h2-3,6,12,15H,4-5,7H2,1H3. The van der Waals surface area contributed by atoms with Gasteiger partial charge in [0.05, 0.1) is 6.54 Å². The molecule has 0 saturated carbocycles. The summed E-state index contributed by atoms with van der Waals surface area (Å²) in [5.74, 6) is -1.65. The van der Waals surface area contributed by atoms with E-state index in [1.165, 1.54) is 11.0 Å². The molecule has 2 rings (SSSR count). The van der Waals surface area contributed by atoms with Crippen LogP contribution in [0.3, 0.4) is 0 Å². The Labute approximate surface area is 112 Å². The van der Waals surface area contributed by atoms with Gasteiger partial charge in [-0.1, -0.05) is 6.07 Å². The lowest BCUT2D eigenvalue weighted by Gasteiger charge is -2.24. The van der Waals surface area contributed by atoms with E-state index in [1.54, 1.807) is 6.26 Å². The molecule has 1 saturated heterocycles. The average molecular weight is 288 g/mol. The van der Waals surface area contributed by atoms with Crippen molar-refractivity contribution in [2.45, 2.75) is 6.17 Å². The smallest absolute Gasteiger partial charge is 0.238 e. The molecule has 7 heteroatoms. The molecule has 1 N–H and O–H groups in total. The molecule has 1 aromatic rings. The van der Waals surface area contributed by atoms with Crippen LogP contribution < -0.4 is 5.32 Å². The number of nitrogens with zero attached hydrogens (tertiary/aromatic N) is 1. The van der Waals surface area contributed by atoms with Gasteiger partial charge >= 0.3 is 0 Å². The quantitative estimate of drug-likeness (QED) is 0.890. The van der Waals surface area contributed by atoms with E-state index in [0.29, 0.717) is 17.9 Å². The molecule has 4 nitrogen and oxygen atoms in total. The van der Waals surface area contributed by atoms with Crippen LogP contribution in [0.25, 0.3) is 0 Å². The van der Waals surface area contributed by atoms with Gasteiger partial charge in [-0.05, 0) is 17.7 Å². The third kappa shape index (κ3) is 3.16. The molecule has 104 valence electrons. The van der Waals surface area contributed by atoms with Gasteiger partial charge in [0.25, 0.3) is 0 Å². The maximum atomic E-state index is 13.2. The van der Waals surface area contributed by atoms with E-state index in [-0.39, 0.29) is 12.5 Å². The van der Waals surface area contributed by atoms with Crippen molar-refractivity contribution in [3.05, 3.63) is 35.4 Å². The second kappa shape index (κ2) is 5.75. The van der Waals surface area contributed by atoms with Crippen LogP contribution in [0.5, 0.6) is 0 Å². The largest absolute Gasteiger partial charge is 0.321 e. The van der Waals surface area contributed by atoms with Crippen LogP contribution in [0.1, 0.15) is 11.7 Å². The molecule has 1 aliphatic heterocycles. The minimum absolute atomic E-state index is 0.139. The van der Waals surface area contributed by atoms with Gasteiger partial charge in [0.15, 0.2) is 11.6 Å². The highest BCUT2D eigenvalue weighted by Gasteiger charge is 2.31. The highest BCUT2D eigenvalue weighted by Crippen LogP contribution is 2.23. The van der Waals surface area contributed by atoms with E-state index in [2.05, 4.69) is 5.32 Å². The fourth-order valence-corrected chi connectivity index (χ4v) is 2.45. The summed E-state index contributed by atoms with van der Waals surface area (Å²) in [5, 5.41) is 2.93. The molecule has 0 aliphatic carbocycles. The lowest BCUT2D eigenvalue weighted by atomic mass is 10.1. The highest BCUT2D eigenvalue weighted by atomic mass is 32.2. The van der Waals surface area contributed by atoms with Crippen molar-refractivity contribution in [2.75, 3.05) is 25.1 Å². The van der Waals surface area contributed by atoms with Crippen LogP contribution in [0.15, 0.2) is 18.2 Å². The number of hydrogen-bond donors (Lipinski definition) is 1. The third-order valence-corrected chi connectivity index (χ3v) is 3.72. The van der Waals surface area contributed by atoms with Crippen molar-refractivity contribution >= 4 is 16.7 Å². The van der Waals surface area contributed by atoms with E-state index < -0.39 is 28.6 Å². The molecule has 0 bridgehead atoms. The van der Waals surface area contributed by atoms with Crippen LogP contribution in [0.2, 0.25) is 0 Å². The number of carbonyl (C=O) groups is 1. The number of amides is 1. The summed E-state index contributed by atoms with van der Waals surface area (Å²) in [4.78, 5) is 13.2.